The van der Waals surface area contributed by atoms with Gasteiger partial charge < -0.3 is 0 Å². The van der Waals surface area contributed by atoms with Gasteiger partial charge in [0.05, 0.1) is 0 Å². The smallest absolute Gasteiger partial charge is 0.0168 e. The summed E-state index contributed by atoms with van der Waals surface area (Å²) < 4.78 is 0. The maximum atomic E-state index is 2.49. The summed E-state index contributed by atoms with van der Waals surface area (Å²) in [6.45, 7) is 30.0. The molecule has 0 spiro atoms. The molecule has 0 bridgehead atoms. The number of nitrogens with zero attached hydrogens (tertiary/aromatic N) is 1. The van der Waals surface area contributed by atoms with Crippen molar-refractivity contribution in [3.63, 3.8) is 0 Å². The molecule has 0 aromatic rings. The molecule has 0 aromatic heterocycles. The highest BCUT2D eigenvalue weighted by Crippen LogP contribution is 2.35. The van der Waals surface area contributed by atoms with Crippen molar-refractivity contribution in [2.45, 2.75) is 159 Å². The molecule has 2 atom stereocenters. The molecule has 232 valence electrons. The van der Waals surface area contributed by atoms with Crippen molar-refractivity contribution in [1.29, 1.82) is 0 Å². The maximum absolute atomic E-state index is 2.49. The van der Waals surface area contributed by atoms with Crippen LogP contribution in [-0.4, -0.2) is 23.5 Å². The van der Waals surface area contributed by atoms with E-state index in [1.807, 2.05) is 0 Å². The molecule has 0 fully saturated rings. The molecule has 1 heterocycles. The van der Waals surface area contributed by atoms with Crippen LogP contribution in [0.4, 0.5) is 0 Å². The lowest BCUT2D eigenvalue weighted by atomic mass is 9.76. The third-order valence-electron chi connectivity index (χ3n) is 8.99. The average molecular weight is 554 g/mol. The van der Waals surface area contributed by atoms with Crippen LogP contribution in [-0.2, 0) is 0 Å². The summed E-state index contributed by atoms with van der Waals surface area (Å²) in [5, 5.41) is 0. The summed E-state index contributed by atoms with van der Waals surface area (Å²) in [6.07, 6.45) is 31.2. The zero-order valence-electron chi connectivity index (χ0n) is 29.3. The van der Waals surface area contributed by atoms with Crippen LogP contribution in [0, 0.1) is 28.1 Å². The minimum absolute atomic E-state index is 0.352. The Bertz CT molecular complexity index is 760. The molecule has 2 unspecified atom stereocenters. The molecule has 3 aliphatic carbocycles. The van der Waals surface area contributed by atoms with Gasteiger partial charge in [-0.15, -0.1) is 0 Å². The molecule has 1 nitrogen and oxygen atoms in total. The molecular formula is C39H71N. The fourth-order valence-corrected chi connectivity index (χ4v) is 5.84. The second kappa shape index (κ2) is 17.1. The van der Waals surface area contributed by atoms with Crippen LogP contribution in [0.5, 0.6) is 0 Å². The third kappa shape index (κ3) is 15.8. The zero-order valence-corrected chi connectivity index (χ0v) is 29.3. The number of rotatable bonds is 0. The zero-order chi connectivity index (χ0) is 30.5. The predicted octanol–water partition coefficient (Wildman–Crippen LogP) is 12.4. The van der Waals surface area contributed by atoms with E-state index in [9.17, 15) is 0 Å². The van der Waals surface area contributed by atoms with Crippen molar-refractivity contribution in [3.8, 4) is 0 Å². The SMILES string of the molecule is CC(C)(C)C1=CCCCC1.CC(C)(C)C1C=CCCC1.CC(C)(C)C1C=CCCC1.CC(C)(C)N1CC=CCC1. The molecule has 0 saturated heterocycles. The fraction of sp³-hybridized carbons (Fsp3) is 0.795. The van der Waals surface area contributed by atoms with Crippen molar-refractivity contribution >= 4 is 0 Å². The lowest BCUT2D eigenvalue weighted by molar-refractivity contribution is 0.151. The van der Waals surface area contributed by atoms with Crippen molar-refractivity contribution in [3.05, 3.63) is 48.1 Å². The molecule has 4 rings (SSSR count). The second-order valence-corrected chi connectivity index (χ2v) is 16.8. The summed E-state index contributed by atoms with van der Waals surface area (Å²) in [7, 11) is 0. The van der Waals surface area contributed by atoms with E-state index in [2.05, 4.69) is 131 Å². The first kappa shape index (κ1) is 36.9. The Labute approximate surface area is 253 Å². The molecule has 0 saturated carbocycles. The molecule has 1 aliphatic heterocycles. The van der Waals surface area contributed by atoms with E-state index in [1.54, 1.807) is 5.57 Å². The monoisotopic (exact) mass is 554 g/mol. The molecule has 40 heavy (non-hydrogen) atoms. The van der Waals surface area contributed by atoms with Gasteiger partial charge in [-0.1, -0.05) is 110 Å². The van der Waals surface area contributed by atoms with Gasteiger partial charge in [0.1, 0.15) is 0 Å². The van der Waals surface area contributed by atoms with E-state index < -0.39 is 0 Å². The number of allylic oxidation sites excluding steroid dienone is 6. The first-order valence-corrected chi connectivity index (χ1v) is 16.9. The van der Waals surface area contributed by atoms with Crippen LogP contribution < -0.4 is 0 Å². The molecule has 4 aliphatic rings. The van der Waals surface area contributed by atoms with Gasteiger partial charge in [-0.05, 0) is 119 Å². The summed E-state index contributed by atoms with van der Waals surface area (Å²) >= 11 is 0. The van der Waals surface area contributed by atoms with E-state index in [0.717, 1.165) is 18.4 Å². The van der Waals surface area contributed by atoms with Crippen molar-refractivity contribution in [2.24, 2.45) is 28.1 Å². The largest absolute Gasteiger partial charge is 0.295 e. The standard InChI is InChI=1S/3C10H18.C9H17N/c3*1-10(2,3)9-7-5-4-6-8-9;1-9(2,3)10-7-5-4-6-8-10/h7H,4-6,8H2,1-3H3;2*5,7,9H,4,6,8H2,1-3H3;4-5H,6-8H2,1-3H3. The van der Waals surface area contributed by atoms with Crippen molar-refractivity contribution in [2.75, 3.05) is 13.1 Å². The minimum Gasteiger partial charge on any atom is -0.295 e. The van der Waals surface area contributed by atoms with Crippen LogP contribution in [0.2, 0.25) is 0 Å². The summed E-state index contributed by atoms with van der Waals surface area (Å²) in [6, 6.07) is 0. The van der Waals surface area contributed by atoms with E-state index >= 15 is 0 Å². The third-order valence-corrected chi connectivity index (χ3v) is 8.99. The van der Waals surface area contributed by atoms with Gasteiger partial charge in [-0.25, -0.2) is 0 Å². The Morgan fingerprint density at radius 2 is 1.10 bits per heavy atom. The quantitative estimate of drug-likeness (QED) is 0.270. The van der Waals surface area contributed by atoms with Gasteiger partial charge in [-0.3, -0.25) is 4.90 Å². The molecular weight excluding hydrogens is 482 g/mol. The average Bonchev–Trinajstić information content (AvgIpc) is 2.90. The van der Waals surface area contributed by atoms with Gasteiger partial charge in [0.2, 0.25) is 0 Å². The van der Waals surface area contributed by atoms with E-state index in [-0.39, 0.29) is 0 Å². The maximum Gasteiger partial charge on any atom is 0.0168 e. The molecule has 1 heteroatoms. The Balaban J connectivity index is 0.000000267. The first-order valence-electron chi connectivity index (χ1n) is 16.9. The number of hydrogen-bond acceptors (Lipinski definition) is 1. The molecule has 0 radical (unpaired) electrons. The Kier molecular flexibility index (Phi) is 15.8. The van der Waals surface area contributed by atoms with Gasteiger partial charge in [0.15, 0.2) is 0 Å². The summed E-state index contributed by atoms with van der Waals surface area (Å²) in [5.41, 5.74) is 3.41. The van der Waals surface area contributed by atoms with Crippen LogP contribution >= 0.6 is 0 Å². The highest BCUT2D eigenvalue weighted by atomic mass is 15.2. The van der Waals surface area contributed by atoms with Crippen LogP contribution in [0.25, 0.3) is 0 Å². The predicted molar refractivity (Wildman–Crippen MR) is 183 cm³/mol. The Morgan fingerprint density at radius 1 is 0.575 bits per heavy atom. The highest BCUT2D eigenvalue weighted by Gasteiger charge is 2.24. The lowest BCUT2D eigenvalue weighted by Gasteiger charge is -2.36. The topological polar surface area (TPSA) is 3.24 Å². The van der Waals surface area contributed by atoms with Crippen LogP contribution in [0.1, 0.15) is 154 Å². The minimum atomic E-state index is 0.352. The van der Waals surface area contributed by atoms with Crippen molar-refractivity contribution < 1.29 is 0 Å². The summed E-state index contributed by atoms with van der Waals surface area (Å²) in [4.78, 5) is 2.49. The highest BCUT2D eigenvalue weighted by molar-refractivity contribution is 5.12. The van der Waals surface area contributed by atoms with E-state index in [4.69, 9.17) is 0 Å². The molecule has 0 aromatic carbocycles. The van der Waals surface area contributed by atoms with Crippen molar-refractivity contribution in [1.82, 2.24) is 4.90 Å². The van der Waals surface area contributed by atoms with Gasteiger partial charge in [-0.2, -0.15) is 0 Å². The van der Waals surface area contributed by atoms with Crippen LogP contribution in [0.15, 0.2) is 48.1 Å². The lowest BCUT2D eigenvalue weighted by Crippen LogP contribution is -2.43. The number of hydrogen-bond donors (Lipinski definition) is 0. The van der Waals surface area contributed by atoms with E-state index in [0.29, 0.717) is 21.8 Å². The van der Waals surface area contributed by atoms with Gasteiger partial charge in [0.25, 0.3) is 0 Å². The Hall–Kier alpha value is -1.08. The summed E-state index contributed by atoms with van der Waals surface area (Å²) in [5.74, 6) is 1.64. The van der Waals surface area contributed by atoms with Crippen LogP contribution in [0.3, 0.4) is 0 Å². The normalized spacial score (nSPS) is 23.9. The van der Waals surface area contributed by atoms with Gasteiger partial charge >= 0.3 is 0 Å². The van der Waals surface area contributed by atoms with E-state index in [1.165, 1.54) is 77.2 Å². The second-order valence-electron chi connectivity index (χ2n) is 16.8. The molecule has 0 amide bonds. The molecule has 0 N–H and O–H groups in total. The first-order chi connectivity index (χ1) is 18.4. The van der Waals surface area contributed by atoms with Gasteiger partial charge in [0, 0.05) is 18.6 Å². The Morgan fingerprint density at radius 3 is 1.32 bits per heavy atom. The fourth-order valence-electron chi connectivity index (χ4n) is 5.84.